The monoisotopic (exact) mass is 249 g/mol. The topological polar surface area (TPSA) is 41.5 Å². The van der Waals surface area contributed by atoms with Crippen LogP contribution in [0.25, 0.3) is 0 Å². The first-order valence-corrected chi connectivity index (χ1v) is 6.50. The molecule has 0 saturated carbocycles. The number of benzene rings is 1. The number of aliphatic hydroxyl groups excluding tert-OH is 1. The maximum absolute atomic E-state index is 10.2. The van der Waals surface area contributed by atoms with E-state index < -0.39 is 0 Å². The second-order valence-electron chi connectivity index (χ2n) is 6.31. The smallest absolute Gasteiger partial charge is 0.120 e. The molecule has 0 radical (unpaired) electrons. The van der Waals surface area contributed by atoms with E-state index >= 15 is 0 Å². The van der Waals surface area contributed by atoms with Crippen LogP contribution in [0.15, 0.2) is 18.2 Å². The van der Waals surface area contributed by atoms with Crippen molar-refractivity contribution in [3.8, 4) is 5.75 Å². The van der Waals surface area contributed by atoms with E-state index in [2.05, 4.69) is 26.1 Å². The Morgan fingerprint density at radius 2 is 2.11 bits per heavy atom. The minimum Gasteiger partial charge on any atom is -0.497 e. The molecule has 2 N–H and O–H groups in total. The Labute approximate surface area is 109 Å². The van der Waals surface area contributed by atoms with Crippen LogP contribution in [0.2, 0.25) is 0 Å². The van der Waals surface area contributed by atoms with Crippen molar-refractivity contribution in [1.82, 2.24) is 0 Å². The zero-order valence-corrected chi connectivity index (χ0v) is 11.7. The van der Waals surface area contributed by atoms with Gasteiger partial charge in [0.1, 0.15) is 5.75 Å². The minimum atomic E-state index is -0.315. The van der Waals surface area contributed by atoms with Crippen molar-refractivity contribution in [2.24, 2.45) is 5.41 Å². The van der Waals surface area contributed by atoms with Gasteiger partial charge in [-0.25, -0.2) is 0 Å². The van der Waals surface area contributed by atoms with E-state index in [0.29, 0.717) is 6.42 Å². The molecule has 3 heteroatoms. The molecule has 0 aromatic heterocycles. The fourth-order valence-corrected chi connectivity index (χ4v) is 2.51. The number of rotatable bonds is 2. The van der Waals surface area contributed by atoms with Crippen molar-refractivity contribution in [2.45, 2.75) is 45.8 Å². The number of aliphatic hydroxyl groups is 1. The van der Waals surface area contributed by atoms with E-state index in [1.807, 2.05) is 18.2 Å². The summed E-state index contributed by atoms with van der Waals surface area (Å²) in [7, 11) is 1.67. The Morgan fingerprint density at radius 1 is 1.39 bits per heavy atom. The summed E-state index contributed by atoms with van der Waals surface area (Å²) in [6.45, 7) is 6.59. The largest absolute Gasteiger partial charge is 0.497 e. The summed E-state index contributed by atoms with van der Waals surface area (Å²) >= 11 is 0. The lowest BCUT2D eigenvalue weighted by atomic mass is 9.83. The molecule has 100 valence electrons. The Balaban J connectivity index is 2.20. The standard InChI is InChI=1S/C15H23NO2/c1-15(2,3)9-13-14(17)7-10-5-6-11(18-4)8-12(10)16-13/h5-6,8,13-14,16-17H,7,9H2,1-4H3. The summed E-state index contributed by atoms with van der Waals surface area (Å²) in [6, 6.07) is 6.09. The van der Waals surface area contributed by atoms with Crippen LogP contribution >= 0.6 is 0 Å². The van der Waals surface area contributed by atoms with E-state index in [1.54, 1.807) is 7.11 Å². The summed E-state index contributed by atoms with van der Waals surface area (Å²) in [5.41, 5.74) is 2.46. The van der Waals surface area contributed by atoms with Crippen LogP contribution < -0.4 is 10.1 Å². The van der Waals surface area contributed by atoms with Gasteiger partial charge in [-0.15, -0.1) is 0 Å². The van der Waals surface area contributed by atoms with Crippen LogP contribution in [0.3, 0.4) is 0 Å². The Bertz CT molecular complexity index is 423. The van der Waals surface area contributed by atoms with Crippen molar-refractivity contribution < 1.29 is 9.84 Å². The molecule has 0 bridgehead atoms. The molecular formula is C15H23NO2. The molecule has 1 heterocycles. The van der Waals surface area contributed by atoms with E-state index in [-0.39, 0.29) is 17.6 Å². The molecule has 0 aliphatic carbocycles. The van der Waals surface area contributed by atoms with Gasteiger partial charge in [0.2, 0.25) is 0 Å². The molecule has 1 aromatic rings. The minimum absolute atomic E-state index is 0.115. The van der Waals surface area contributed by atoms with Crippen molar-refractivity contribution >= 4 is 5.69 Å². The number of methoxy groups -OCH3 is 1. The molecule has 0 fully saturated rings. The molecule has 2 rings (SSSR count). The molecule has 0 amide bonds. The molecular weight excluding hydrogens is 226 g/mol. The quantitative estimate of drug-likeness (QED) is 0.847. The molecule has 1 aliphatic rings. The average molecular weight is 249 g/mol. The average Bonchev–Trinajstić information content (AvgIpc) is 2.27. The number of hydrogen-bond donors (Lipinski definition) is 2. The molecule has 18 heavy (non-hydrogen) atoms. The lowest BCUT2D eigenvalue weighted by Crippen LogP contribution is -2.41. The normalized spacial score (nSPS) is 23.2. The maximum atomic E-state index is 10.2. The van der Waals surface area contributed by atoms with Crippen LogP contribution in [0, 0.1) is 5.41 Å². The van der Waals surface area contributed by atoms with Crippen LogP contribution in [0.1, 0.15) is 32.8 Å². The van der Waals surface area contributed by atoms with Crippen molar-refractivity contribution in [2.75, 3.05) is 12.4 Å². The van der Waals surface area contributed by atoms with E-state index in [9.17, 15) is 5.11 Å². The van der Waals surface area contributed by atoms with Gasteiger partial charge in [0, 0.05) is 18.2 Å². The summed E-state index contributed by atoms with van der Waals surface area (Å²) in [5, 5.41) is 13.7. The molecule has 1 aromatic carbocycles. The summed E-state index contributed by atoms with van der Waals surface area (Å²) < 4.78 is 5.24. The van der Waals surface area contributed by atoms with Crippen LogP contribution in [0.5, 0.6) is 5.75 Å². The Morgan fingerprint density at radius 3 is 2.72 bits per heavy atom. The maximum Gasteiger partial charge on any atom is 0.120 e. The fourth-order valence-electron chi connectivity index (χ4n) is 2.51. The number of hydrogen-bond acceptors (Lipinski definition) is 3. The lowest BCUT2D eigenvalue weighted by Gasteiger charge is -2.35. The highest BCUT2D eigenvalue weighted by molar-refractivity contribution is 5.58. The Kier molecular flexibility index (Phi) is 3.53. The van der Waals surface area contributed by atoms with Gasteiger partial charge in [0.15, 0.2) is 0 Å². The molecule has 2 unspecified atom stereocenters. The van der Waals surface area contributed by atoms with Crippen molar-refractivity contribution in [3.05, 3.63) is 23.8 Å². The number of nitrogens with one attached hydrogen (secondary N) is 1. The first kappa shape index (κ1) is 13.2. The van der Waals surface area contributed by atoms with E-state index in [0.717, 1.165) is 23.4 Å². The molecule has 3 nitrogen and oxygen atoms in total. The zero-order chi connectivity index (χ0) is 13.3. The van der Waals surface area contributed by atoms with Gasteiger partial charge in [0.25, 0.3) is 0 Å². The lowest BCUT2D eigenvalue weighted by molar-refractivity contribution is 0.126. The third-order valence-corrected chi connectivity index (χ3v) is 3.38. The number of ether oxygens (including phenoxy) is 1. The second-order valence-corrected chi connectivity index (χ2v) is 6.31. The molecule has 0 spiro atoms. The van der Waals surface area contributed by atoms with E-state index in [1.165, 1.54) is 0 Å². The van der Waals surface area contributed by atoms with E-state index in [4.69, 9.17) is 4.74 Å². The Hall–Kier alpha value is -1.22. The predicted molar refractivity (Wildman–Crippen MR) is 74.2 cm³/mol. The fraction of sp³-hybridized carbons (Fsp3) is 0.600. The van der Waals surface area contributed by atoms with Gasteiger partial charge in [-0.2, -0.15) is 0 Å². The van der Waals surface area contributed by atoms with Crippen LogP contribution in [0.4, 0.5) is 5.69 Å². The van der Waals surface area contributed by atoms with Crippen molar-refractivity contribution in [1.29, 1.82) is 0 Å². The van der Waals surface area contributed by atoms with Gasteiger partial charge in [-0.1, -0.05) is 26.8 Å². The summed E-state index contributed by atoms with van der Waals surface area (Å²) in [4.78, 5) is 0. The van der Waals surface area contributed by atoms with Gasteiger partial charge in [-0.05, 0) is 23.5 Å². The zero-order valence-electron chi connectivity index (χ0n) is 11.7. The first-order valence-electron chi connectivity index (χ1n) is 6.50. The van der Waals surface area contributed by atoms with Gasteiger partial charge in [-0.3, -0.25) is 0 Å². The second kappa shape index (κ2) is 4.81. The molecule has 2 atom stereocenters. The number of anilines is 1. The molecule has 0 saturated heterocycles. The first-order chi connectivity index (χ1) is 8.39. The SMILES string of the molecule is COc1ccc2c(c1)NC(CC(C)(C)C)C(O)C2. The highest BCUT2D eigenvalue weighted by atomic mass is 16.5. The highest BCUT2D eigenvalue weighted by Crippen LogP contribution is 2.33. The summed E-state index contributed by atoms with van der Waals surface area (Å²) in [5.74, 6) is 0.854. The van der Waals surface area contributed by atoms with Gasteiger partial charge in [0.05, 0.1) is 19.3 Å². The third-order valence-electron chi connectivity index (χ3n) is 3.38. The number of fused-ring (bicyclic) bond motifs is 1. The van der Waals surface area contributed by atoms with Gasteiger partial charge < -0.3 is 15.2 Å². The molecule has 1 aliphatic heterocycles. The van der Waals surface area contributed by atoms with Crippen molar-refractivity contribution in [3.63, 3.8) is 0 Å². The van der Waals surface area contributed by atoms with Gasteiger partial charge >= 0.3 is 0 Å². The van der Waals surface area contributed by atoms with Crippen LogP contribution in [-0.4, -0.2) is 24.4 Å². The van der Waals surface area contributed by atoms with Crippen LogP contribution in [-0.2, 0) is 6.42 Å². The summed E-state index contributed by atoms with van der Waals surface area (Å²) in [6.07, 6.45) is 1.35. The third kappa shape index (κ3) is 2.96. The predicted octanol–water partition coefficient (Wildman–Crippen LogP) is 2.83. The highest BCUT2D eigenvalue weighted by Gasteiger charge is 2.29.